The quantitative estimate of drug-likeness (QED) is 0.780. The van der Waals surface area contributed by atoms with Gasteiger partial charge in [-0.25, -0.2) is 4.98 Å². The molecular formula is C20H21N3O2. The van der Waals surface area contributed by atoms with Gasteiger partial charge in [-0.05, 0) is 31.0 Å². The van der Waals surface area contributed by atoms with Gasteiger partial charge in [0.05, 0.1) is 17.4 Å². The Bertz CT molecular complexity index is 945. The van der Waals surface area contributed by atoms with Crippen LogP contribution in [0.5, 0.6) is 0 Å². The molecule has 1 amide bonds. The third-order valence-corrected chi connectivity index (χ3v) is 4.22. The molecule has 0 radical (unpaired) electrons. The molecule has 0 aliphatic heterocycles. The average Bonchev–Trinajstić information content (AvgIpc) is 2.61. The molecule has 3 aromatic rings. The Morgan fingerprint density at radius 1 is 1.12 bits per heavy atom. The highest BCUT2D eigenvalue weighted by Crippen LogP contribution is 2.09. The number of carbonyl (C=O) groups is 1. The third-order valence-electron chi connectivity index (χ3n) is 4.22. The second-order valence-corrected chi connectivity index (χ2v) is 6.27. The van der Waals surface area contributed by atoms with E-state index in [0.29, 0.717) is 29.6 Å². The lowest BCUT2D eigenvalue weighted by molar-refractivity contribution is -0.130. The van der Waals surface area contributed by atoms with E-state index >= 15 is 0 Å². The second kappa shape index (κ2) is 7.30. The molecule has 0 bridgehead atoms. The Labute approximate surface area is 146 Å². The minimum Gasteiger partial charge on any atom is -0.338 e. The highest BCUT2D eigenvalue weighted by Gasteiger charge is 2.12. The van der Waals surface area contributed by atoms with Gasteiger partial charge in [0.2, 0.25) is 5.91 Å². The lowest BCUT2D eigenvalue weighted by atomic mass is 10.1. The van der Waals surface area contributed by atoms with Gasteiger partial charge in [-0.1, -0.05) is 42.0 Å². The first-order valence-corrected chi connectivity index (χ1v) is 8.30. The van der Waals surface area contributed by atoms with Gasteiger partial charge >= 0.3 is 0 Å². The fourth-order valence-corrected chi connectivity index (χ4v) is 2.72. The summed E-state index contributed by atoms with van der Waals surface area (Å²) in [6.45, 7) is 2.33. The van der Waals surface area contributed by atoms with Crippen LogP contribution in [0.3, 0.4) is 0 Å². The third kappa shape index (κ3) is 4.12. The number of H-pyrrole nitrogens is 1. The number of para-hydroxylation sites is 1. The van der Waals surface area contributed by atoms with E-state index in [1.54, 1.807) is 30.1 Å². The molecule has 1 heterocycles. The summed E-state index contributed by atoms with van der Waals surface area (Å²) in [5.41, 5.74) is 2.81. The maximum Gasteiger partial charge on any atom is 0.258 e. The van der Waals surface area contributed by atoms with Gasteiger partial charge in [0, 0.05) is 13.5 Å². The Kier molecular flexibility index (Phi) is 4.93. The molecule has 0 aliphatic carbocycles. The Morgan fingerprint density at radius 2 is 1.84 bits per heavy atom. The van der Waals surface area contributed by atoms with E-state index in [2.05, 4.69) is 9.97 Å². The highest BCUT2D eigenvalue weighted by molar-refractivity contribution is 5.77. The van der Waals surface area contributed by atoms with E-state index < -0.39 is 0 Å². The number of fused-ring (bicyclic) bond motifs is 1. The van der Waals surface area contributed by atoms with E-state index in [1.807, 2.05) is 37.3 Å². The fraction of sp³-hybridized carbons (Fsp3) is 0.250. The van der Waals surface area contributed by atoms with Crippen LogP contribution in [-0.2, 0) is 17.8 Å². The molecular weight excluding hydrogens is 314 g/mol. The van der Waals surface area contributed by atoms with Crippen molar-refractivity contribution in [2.24, 2.45) is 0 Å². The number of hydrogen-bond acceptors (Lipinski definition) is 3. The van der Waals surface area contributed by atoms with E-state index in [-0.39, 0.29) is 18.0 Å². The van der Waals surface area contributed by atoms with Crippen LogP contribution in [0.1, 0.15) is 23.4 Å². The van der Waals surface area contributed by atoms with Gasteiger partial charge in [-0.15, -0.1) is 0 Å². The van der Waals surface area contributed by atoms with Crippen molar-refractivity contribution in [3.8, 4) is 0 Å². The molecule has 0 aliphatic rings. The molecule has 0 unspecified atom stereocenters. The number of benzene rings is 2. The molecule has 0 atom stereocenters. The largest absolute Gasteiger partial charge is 0.338 e. The molecule has 0 fully saturated rings. The van der Waals surface area contributed by atoms with Crippen LogP contribution in [0.4, 0.5) is 0 Å². The molecule has 1 N–H and O–H groups in total. The van der Waals surface area contributed by atoms with Crippen molar-refractivity contribution >= 4 is 16.8 Å². The van der Waals surface area contributed by atoms with Gasteiger partial charge in [0.25, 0.3) is 5.56 Å². The van der Waals surface area contributed by atoms with E-state index in [9.17, 15) is 9.59 Å². The zero-order valence-electron chi connectivity index (χ0n) is 14.5. The summed E-state index contributed by atoms with van der Waals surface area (Å²) in [6, 6.07) is 15.4. The van der Waals surface area contributed by atoms with Crippen molar-refractivity contribution in [2.75, 3.05) is 7.05 Å². The Hall–Kier alpha value is -2.95. The molecule has 3 rings (SSSR count). The van der Waals surface area contributed by atoms with Crippen molar-refractivity contribution in [1.29, 1.82) is 0 Å². The summed E-state index contributed by atoms with van der Waals surface area (Å²) < 4.78 is 0. The normalized spacial score (nSPS) is 10.8. The summed E-state index contributed by atoms with van der Waals surface area (Å²) in [7, 11) is 1.73. The minimum absolute atomic E-state index is 0.0244. The van der Waals surface area contributed by atoms with Crippen molar-refractivity contribution in [1.82, 2.24) is 14.9 Å². The van der Waals surface area contributed by atoms with Gasteiger partial charge < -0.3 is 9.88 Å². The van der Waals surface area contributed by atoms with Crippen LogP contribution in [0.25, 0.3) is 10.9 Å². The van der Waals surface area contributed by atoms with Crippen molar-refractivity contribution in [2.45, 2.75) is 26.3 Å². The number of carbonyl (C=O) groups excluding carboxylic acids is 1. The number of aromatic amines is 1. The molecule has 5 heteroatoms. The monoisotopic (exact) mass is 335 g/mol. The summed E-state index contributed by atoms with van der Waals surface area (Å²) in [6.07, 6.45) is 1.13. The number of nitrogens with one attached hydrogen (secondary N) is 1. The zero-order valence-corrected chi connectivity index (χ0v) is 14.5. The van der Waals surface area contributed by atoms with Crippen molar-refractivity contribution < 1.29 is 4.79 Å². The van der Waals surface area contributed by atoms with Crippen molar-refractivity contribution in [3.63, 3.8) is 0 Å². The summed E-state index contributed by atoms with van der Waals surface area (Å²) in [5, 5.41) is 0.555. The van der Waals surface area contributed by atoms with Crippen molar-refractivity contribution in [3.05, 3.63) is 75.8 Å². The fourth-order valence-electron chi connectivity index (χ4n) is 2.72. The van der Waals surface area contributed by atoms with E-state index in [4.69, 9.17) is 0 Å². The number of nitrogens with zero attached hydrogens (tertiary/aromatic N) is 2. The average molecular weight is 335 g/mol. The zero-order chi connectivity index (χ0) is 17.8. The maximum absolute atomic E-state index is 12.3. The van der Waals surface area contributed by atoms with Crippen LogP contribution in [-0.4, -0.2) is 27.8 Å². The molecule has 0 saturated heterocycles. The molecule has 0 spiro atoms. The van der Waals surface area contributed by atoms with Gasteiger partial charge in [-0.2, -0.15) is 0 Å². The predicted octanol–water partition coefficient (Wildman–Crippen LogP) is 2.82. The van der Waals surface area contributed by atoms with Crippen LogP contribution in [0.15, 0.2) is 53.3 Å². The number of amides is 1. The van der Waals surface area contributed by atoms with Gasteiger partial charge in [0.1, 0.15) is 5.82 Å². The molecule has 0 saturated carbocycles. The first-order chi connectivity index (χ1) is 12.0. The standard InChI is InChI=1S/C20H21N3O2/c1-14-7-9-15(10-8-14)11-12-19(24)23(2)13-18-21-17-6-4-3-5-16(17)20(25)22-18/h3-10H,11-13H2,1-2H3,(H,21,22,25). The minimum atomic E-state index is -0.180. The van der Waals surface area contributed by atoms with E-state index in [1.165, 1.54) is 5.56 Å². The predicted molar refractivity (Wildman–Crippen MR) is 98.3 cm³/mol. The Balaban J connectivity index is 1.65. The van der Waals surface area contributed by atoms with Crippen LogP contribution >= 0.6 is 0 Å². The van der Waals surface area contributed by atoms with Crippen LogP contribution in [0, 0.1) is 6.92 Å². The SMILES string of the molecule is Cc1ccc(CCC(=O)N(C)Cc2nc3ccccc3c(=O)[nH]2)cc1. The van der Waals surface area contributed by atoms with Gasteiger partial charge in [-0.3, -0.25) is 9.59 Å². The van der Waals surface area contributed by atoms with Crippen LogP contribution in [0.2, 0.25) is 0 Å². The smallest absolute Gasteiger partial charge is 0.258 e. The lowest BCUT2D eigenvalue weighted by Gasteiger charge is -2.16. The number of aromatic nitrogens is 2. The van der Waals surface area contributed by atoms with Gasteiger partial charge in [0.15, 0.2) is 0 Å². The topological polar surface area (TPSA) is 66.1 Å². The Morgan fingerprint density at radius 3 is 2.60 bits per heavy atom. The highest BCUT2D eigenvalue weighted by atomic mass is 16.2. The summed E-state index contributed by atoms with van der Waals surface area (Å²) in [4.78, 5) is 33.2. The molecule has 1 aromatic heterocycles. The molecule has 2 aromatic carbocycles. The lowest BCUT2D eigenvalue weighted by Crippen LogP contribution is -2.28. The maximum atomic E-state index is 12.3. The number of hydrogen-bond donors (Lipinski definition) is 1. The second-order valence-electron chi connectivity index (χ2n) is 6.27. The number of aryl methyl sites for hydroxylation is 2. The molecule has 25 heavy (non-hydrogen) atoms. The molecule has 128 valence electrons. The van der Waals surface area contributed by atoms with E-state index in [0.717, 1.165) is 5.56 Å². The summed E-state index contributed by atoms with van der Waals surface area (Å²) >= 11 is 0. The number of rotatable bonds is 5. The van der Waals surface area contributed by atoms with Crippen LogP contribution < -0.4 is 5.56 Å². The first kappa shape index (κ1) is 16.9. The molecule has 5 nitrogen and oxygen atoms in total. The first-order valence-electron chi connectivity index (χ1n) is 8.30. The summed E-state index contributed by atoms with van der Waals surface area (Å²) in [5.74, 6) is 0.520.